The summed E-state index contributed by atoms with van der Waals surface area (Å²) in [7, 11) is 1.47. The van der Waals surface area contributed by atoms with Crippen LogP contribution in [0.25, 0.3) is 11.1 Å². The Balaban J connectivity index is 2.86. The lowest BCUT2D eigenvalue weighted by molar-refractivity contribution is 0.100. The van der Waals surface area contributed by atoms with E-state index in [-0.39, 0.29) is 16.5 Å². The third-order valence-corrected chi connectivity index (χ3v) is 4.05. The largest absolute Gasteiger partial charge is 0.496 e. The third kappa shape index (κ3) is 3.56. The zero-order valence-corrected chi connectivity index (χ0v) is 14.7. The van der Waals surface area contributed by atoms with Gasteiger partial charge in [-0.1, -0.05) is 20.8 Å². The van der Waals surface area contributed by atoms with E-state index in [1.807, 2.05) is 20.8 Å². The third-order valence-electron chi connectivity index (χ3n) is 4.05. The van der Waals surface area contributed by atoms with Gasteiger partial charge in [-0.15, -0.1) is 0 Å². The Morgan fingerprint density at radius 1 is 1.32 bits per heavy atom. The number of hydrogen-bond donors (Lipinski definition) is 2. The predicted molar refractivity (Wildman–Crippen MR) is 95.4 cm³/mol. The van der Waals surface area contributed by atoms with E-state index in [1.54, 1.807) is 18.2 Å². The van der Waals surface area contributed by atoms with Crippen molar-refractivity contribution in [1.82, 2.24) is 4.98 Å². The molecule has 6 nitrogen and oxygen atoms in total. The number of rotatable bonds is 4. The first-order valence-corrected chi connectivity index (χ1v) is 7.80. The smallest absolute Gasteiger partial charge is 0.255 e. The van der Waals surface area contributed by atoms with Crippen molar-refractivity contribution in [1.29, 1.82) is 5.26 Å². The minimum absolute atomic E-state index is 0.169. The summed E-state index contributed by atoms with van der Waals surface area (Å²) in [5.41, 5.74) is 6.27. The molecule has 25 heavy (non-hydrogen) atoms. The Hall–Kier alpha value is -3.07. The van der Waals surface area contributed by atoms with Gasteiger partial charge in [-0.05, 0) is 29.7 Å². The first-order chi connectivity index (χ1) is 11.7. The van der Waals surface area contributed by atoms with Crippen LogP contribution in [0.1, 0.15) is 42.6 Å². The number of benzene rings is 1. The van der Waals surface area contributed by atoms with E-state index in [0.29, 0.717) is 22.4 Å². The minimum atomic E-state index is -0.674. The molecule has 0 fully saturated rings. The number of carbonyl (C=O) groups is 1. The average molecular weight is 339 g/mol. The maximum Gasteiger partial charge on any atom is 0.255 e. The summed E-state index contributed by atoms with van der Waals surface area (Å²) in [5, 5.41) is 9.66. The molecular weight excluding hydrogens is 318 g/mol. The molecule has 1 atom stereocenters. The van der Waals surface area contributed by atoms with Crippen molar-refractivity contribution in [3.05, 3.63) is 51.9 Å². The molecular formula is C19H21N3O3. The van der Waals surface area contributed by atoms with Gasteiger partial charge in [0.2, 0.25) is 5.91 Å². The van der Waals surface area contributed by atoms with Crippen molar-refractivity contribution in [2.75, 3.05) is 7.11 Å². The van der Waals surface area contributed by atoms with E-state index in [0.717, 1.165) is 0 Å². The van der Waals surface area contributed by atoms with E-state index in [2.05, 4.69) is 11.1 Å². The Labute approximate surface area is 146 Å². The monoisotopic (exact) mass is 339 g/mol. The van der Waals surface area contributed by atoms with E-state index in [1.165, 1.54) is 19.4 Å². The summed E-state index contributed by atoms with van der Waals surface area (Å²) in [4.78, 5) is 26.7. The van der Waals surface area contributed by atoms with Gasteiger partial charge in [0, 0.05) is 22.9 Å². The first kappa shape index (κ1) is 18.3. The Bertz CT molecular complexity index is 901. The van der Waals surface area contributed by atoms with Crippen LogP contribution in [0.4, 0.5) is 0 Å². The number of methoxy groups -OCH3 is 1. The summed E-state index contributed by atoms with van der Waals surface area (Å²) in [6, 6.07) is 8.71. The molecule has 0 aliphatic heterocycles. The molecule has 2 rings (SSSR count). The molecule has 0 bridgehead atoms. The van der Waals surface area contributed by atoms with Gasteiger partial charge in [0.1, 0.15) is 5.75 Å². The van der Waals surface area contributed by atoms with Gasteiger partial charge in [-0.2, -0.15) is 5.26 Å². The molecule has 1 amide bonds. The summed E-state index contributed by atoms with van der Waals surface area (Å²) < 4.78 is 5.39. The molecule has 1 aromatic carbocycles. The predicted octanol–water partition coefficient (Wildman–Crippen LogP) is 2.80. The van der Waals surface area contributed by atoms with Crippen LogP contribution in [-0.4, -0.2) is 18.0 Å². The molecule has 3 N–H and O–H groups in total. The van der Waals surface area contributed by atoms with Crippen LogP contribution < -0.4 is 16.0 Å². The second-order valence-electron chi connectivity index (χ2n) is 6.85. The van der Waals surface area contributed by atoms with Crippen LogP contribution >= 0.6 is 0 Å². The molecule has 130 valence electrons. The normalized spacial score (nSPS) is 12.3. The highest BCUT2D eigenvalue weighted by Gasteiger charge is 2.30. The standard InChI is InChI=1S/C19H21N3O3/c1-19(2,3)15(10-20)14-8-12(11-6-5-7-22-18(11)24)13(17(21)23)9-16(14)25-4/h5-9,15H,1-4H3,(H2,21,23)(H,22,24). The highest BCUT2D eigenvalue weighted by molar-refractivity contribution is 6.00. The highest BCUT2D eigenvalue weighted by atomic mass is 16.5. The zero-order chi connectivity index (χ0) is 18.8. The van der Waals surface area contributed by atoms with Crippen LogP contribution in [0.15, 0.2) is 35.3 Å². The topological polar surface area (TPSA) is 109 Å². The van der Waals surface area contributed by atoms with Gasteiger partial charge in [-0.3, -0.25) is 9.59 Å². The van der Waals surface area contributed by atoms with Gasteiger partial charge in [-0.25, -0.2) is 0 Å². The van der Waals surface area contributed by atoms with Gasteiger partial charge >= 0.3 is 0 Å². The van der Waals surface area contributed by atoms with Crippen LogP contribution in [0.3, 0.4) is 0 Å². The number of pyridine rings is 1. The molecule has 0 aliphatic carbocycles. The van der Waals surface area contributed by atoms with Crippen molar-refractivity contribution in [2.24, 2.45) is 11.1 Å². The van der Waals surface area contributed by atoms with Crippen LogP contribution in [0.2, 0.25) is 0 Å². The van der Waals surface area contributed by atoms with Gasteiger partial charge < -0.3 is 15.5 Å². The summed E-state index contributed by atoms with van der Waals surface area (Å²) >= 11 is 0. The molecule has 0 saturated carbocycles. The average Bonchev–Trinajstić information content (AvgIpc) is 2.54. The molecule has 1 heterocycles. The lowest BCUT2D eigenvalue weighted by Crippen LogP contribution is -2.20. The Morgan fingerprint density at radius 2 is 2.00 bits per heavy atom. The lowest BCUT2D eigenvalue weighted by Gasteiger charge is -2.27. The number of H-pyrrole nitrogens is 1. The fraction of sp³-hybridized carbons (Fsp3) is 0.316. The summed E-state index contributed by atoms with van der Waals surface area (Å²) in [5.74, 6) is -0.773. The fourth-order valence-corrected chi connectivity index (χ4v) is 2.79. The molecule has 6 heteroatoms. The quantitative estimate of drug-likeness (QED) is 0.892. The van der Waals surface area contributed by atoms with E-state index in [9.17, 15) is 14.9 Å². The molecule has 2 aromatic rings. The van der Waals surface area contributed by atoms with Crippen molar-refractivity contribution in [2.45, 2.75) is 26.7 Å². The molecule has 0 spiro atoms. The second-order valence-corrected chi connectivity index (χ2v) is 6.85. The van der Waals surface area contributed by atoms with Crippen LogP contribution in [0, 0.1) is 16.7 Å². The minimum Gasteiger partial charge on any atom is -0.496 e. The number of nitrogens with zero attached hydrogens (tertiary/aromatic N) is 1. The van der Waals surface area contributed by atoms with E-state index in [4.69, 9.17) is 10.5 Å². The Morgan fingerprint density at radius 3 is 2.48 bits per heavy atom. The summed E-state index contributed by atoms with van der Waals surface area (Å²) in [6.07, 6.45) is 1.51. The zero-order valence-electron chi connectivity index (χ0n) is 14.7. The SMILES string of the molecule is COc1cc(C(N)=O)c(-c2ccc[nH]c2=O)cc1C(C#N)C(C)(C)C. The van der Waals surface area contributed by atoms with Crippen molar-refractivity contribution < 1.29 is 9.53 Å². The maximum absolute atomic E-state index is 12.2. The number of primary amides is 1. The Kier molecular flexibility index (Phi) is 4.98. The molecule has 0 radical (unpaired) electrons. The number of aromatic nitrogens is 1. The summed E-state index contributed by atoms with van der Waals surface area (Å²) in [6.45, 7) is 5.83. The van der Waals surface area contributed by atoms with Crippen molar-refractivity contribution >= 4 is 5.91 Å². The van der Waals surface area contributed by atoms with E-state index < -0.39 is 11.8 Å². The number of aromatic amines is 1. The van der Waals surface area contributed by atoms with Gasteiger partial charge in [0.05, 0.1) is 24.7 Å². The number of nitrogens with two attached hydrogens (primary N) is 1. The fourth-order valence-electron chi connectivity index (χ4n) is 2.79. The van der Waals surface area contributed by atoms with Gasteiger partial charge in [0.15, 0.2) is 0 Å². The van der Waals surface area contributed by atoms with Crippen LogP contribution in [0.5, 0.6) is 5.75 Å². The molecule has 1 unspecified atom stereocenters. The number of nitrogens with one attached hydrogen (secondary N) is 1. The van der Waals surface area contributed by atoms with Crippen molar-refractivity contribution in [3.8, 4) is 22.9 Å². The molecule has 1 aromatic heterocycles. The number of carbonyl (C=O) groups excluding carboxylic acids is 1. The maximum atomic E-state index is 12.2. The number of ether oxygens (including phenoxy) is 1. The number of nitriles is 1. The van der Waals surface area contributed by atoms with E-state index >= 15 is 0 Å². The number of hydrogen-bond acceptors (Lipinski definition) is 4. The van der Waals surface area contributed by atoms with Crippen molar-refractivity contribution in [3.63, 3.8) is 0 Å². The molecule has 0 saturated heterocycles. The highest BCUT2D eigenvalue weighted by Crippen LogP contribution is 2.41. The number of amides is 1. The van der Waals surface area contributed by atoms with Gasteiger partial charge in [0.25, 0.3) is 5.56 Å². The molecule has 0 aliphatic rings. The van der Waals surface area contributed by atoms with Crippen LogP contribution in [-0.2, 0) is 0 Å². The lowest BCUT2D eigenvalue weighted by atomic mass is 9.76. The second kappa shape index (κ2) is 6.81. The first-order valence-electron chi connectivity index (χ1n) is 7.80.